The Morgan fingerprint density at radius 3 is 2.12 bits per heavy atom. The molecule has 1 aromatic heterocycles. The number of aryl methyl sites for hydroxylation is 2. The summed E-state index contributed by atoms with van der Waals surface area (Å²) in [4.78, 5) is 13.6. The van der Waals surface area contributed by atoms with Gasteiger partial charge in [-0.1, -0.05) is 32.0 Å². The van der Waals surface area contributed by atoms with Crippen LogP contribution in [0.1, 0.15) is 25.0 Å². The van der Waals surface area contributed by atoms with Gasteiger partial charge >= 0.3 is 0 Å². The van der Waals surface area contributed by atoms with Gasteiger partial charge < -0.3 is 9.47 Å². The third kappa shape index (κ3) is 6.34. The number of hydrogen-bond acceptors (Lipinski definition) is 4. The summed E-state index contributed by atoms with van der Waals surface area (Å²) >= 11 is 7.28. The third-order valence-electron chi connectivity index (χ3n) is 3.60. The molecule has 0 spiro atoms. The maximum atomic E-state index is 12.0. The molecule has 0 saturated heterocycles. The van der Waals surface area contributed by atoms with Crippen LogP contribution in [0, 0.1) is 0 Å². The number of hydrogen-bond donors (Lipinski definition) is 0. The summed E-state index contributed by atoms with van der Waals surface area (Å²) in [5.41, 5.74) is 3.24. The second kappa shape index (κ2) is 11.9. The van der Waals surface area contributed by atoms with Gasteiger partial charge in [0.15, 0.2) is 5.06 Å². The van der Waals surface area contributed by atoms with E-state index >= 15 is 0 Å². The molecule has 0 atom stereocenters. The normalized spacial score (nSPS) is 9.96. The Bertz CT molecular complexity index is 609. The summed E-state index contributed by atoms with van der Waals surface area (Å²) in [6.45, 7) is 4.39. The third-order valence-corrected chi connectivity index (χ3v) is 4.66. The van der Waals surface area contributed by atoms with Crippen molar-refractivity contribution in [2.24, 2.45) is 0 Å². The fourth-order valence-corrected chi connectivity index (χ4v) is 3.09. The minimum atomic E-state index is -0.130. The average Bonchev–Trinajstić information content (AvgIpc) is 3.19. The molecule has 0 aliphatic rings. The predicted octanol–water partition coefficient (Wildman–Crippen LogP) is 4.74. The molecule has 25 heavy (non-hydrogen) atoms. The lowest BCUT2D eigenvalue weighted by atomic mass is 10.0. The van der Waals surface area contributed by atoms with Crippen LogP contribution < -0.4 is 9.64 Å². The highest BCUT2D eigenvalue weighted by Gasteiger charge is 2.19. The predicted molar refractivity (Wildman–Crippen MR) is 106 cm³/mol. The van der Waals surface area contributed by atoms with E-state index in [1.807, 2.05) is 35.7 Å². The molecule has 138 valence electrons. The van der Waals surface area contributed by atoms with Crippen molar-refractivity contribution in [3.63, 3.8) is 0 Å². The molecule has 6 heteroatoms. The number of methoxy groups -OCH3 is 2. The highest BCUT2D eigenvalue weighted by Crippen LogP contribution is 2.27. The van der Waals surface area contributed by atoms with Crippen LogP contribution >= 0.6 is 22.9 Å². The Balaban J connectivity index is 0.000000370. The van der Waals surface area contributed by atoms with Gasteiger partial charge in [-0.05, 0) is 41.5 Å². The minimum Gasteiger partial charge on any atom is -0.487 e. The van der Waals surface area contributed by atoms with Crippen molar-refractivity contribution in [1.82, 2.24) is 0 Å². The molecule has 0 saturated carbocycles. The molecule has 0 unspecified atom stereocenters. The molecule has 0 N–H and O–H groups in total. The number of halogens is 1. The Kier molecular flexibility index (Phi) is 10.2. The van der Waals surface area contributed by atoms with Crippen molar-refractivity contribution < 1.29 is 14.3 Å². The number of amides is 1. The van der Waals surface area contributed by atoms with Gasteiger partial charge in [-0.25, -0.2) is 0 Å². The summed E-state index contributed by atoms with van der Waals surface area (Å²) in [6.07, 6.45) is 1.75. The Labute approximate surface area is 159 Å². The van der Waals surface area contributed by atoms with Crippen molar-refractivity contribution in [3.05, 3.63) is 46.8 Å². The lowest BCUT2D eigenvalue weighted by Gasteiger charge is -2.26. The van der Waals surface area contributed by atoms with Crippen molar-refractivity contribution in [2.45, 2.75) is 26.7 Å². The quantitative estimate of drug-likeness (QED) is 0.511. The molecular weight excluding hydrogens is 358 g/mol. The first-order valence-electron chi connectivity index (χ1n) is 8.16. The zero-order valence-electron chi connectivity index (χ0n) is 15.3. The van der Waals surface area contributed by atoms with E-state index < -0.39 is 0 Å². The molecule has 0 aliphatic carbocycles. The maximum Gasteiger partial charge on any atom is 0.243 e. The first-order valence-corrected chi connectivity index (χ1v) is 9.57. The first-order chi connectivity index (χ1) is 12.1. The van der Waals surface area contributed by atoms with Crippen LogP contribution in [0.5, 0.6) is 5.06 Å². The lowest BCUT2D eigenvalue weighted by molar-refractivity contribution is -0.117. The van der Waals surface area contributed by atoms with Crippen molar-refractivity contribution in [1.29, 1.82) is 0 Å². The molecule has 1 aromatic carbocycles. The monoisotopic (exact) mass is 383 g/mol. The van der Waals surface area contributed by atoms with Crippen LogP contribution in [0.2, 0.25) is 0 Å². The van der Waals surface area contributed by atoms with Crippen LogP contribution in [0.3, 0.4) is 0 Å². The second-order valence-corrected chi connectivity index (χ2v) is 6.32. The van der Waals surface area contributed by atoms with Gasteiger partial charge in [0.2, 0.25) is 5.91 Å². The van der Waals surface area contributed by atoms with E-state index in [-0.39, 0.29) is 18.5 Å². The molecule has 0 radical (unpaired) electrons. The Hall–Kier alpha value is -1.56. The van der Waals surface area contributed by atoms with Gasteiger partial charge in [0.25, 0.3) is 0 Å². The number of carbonyl (C=O) groups is 1. The number of anilines is 1. The van der Waals surface area contributed by atoms with Gasteiger partial charge in [0.05, 0.1) is 12.8 Å². The fraction of sp³-hybridized carbons (Fsp3) is 0.421. The standard InChI is InChI=1S/C14H20ClNO2.C5H6OS/c1-4-11-7-6-8-12(5-2)14(11)16(10-18-3)13(17)9-15;1-6-5-3-2-4-7-5/h6-8H,4-5,9-10H2,1-3H3;2-4H,1H3. The number of rotatable bonds is 7. The van der Waals surface area contributed by atoms with Crippen molar-refractivity contribution in [3.8, 4) is 5.06 Å². The lowest BCUT2D eigenvalue weighted by Crippen LogP contribution is -2.35. The van der Waals surface area contributed by atoms with Crippen LogP contribution in [0.4, 0.5) is 5.69 Å². The largest absolute Gasteiger partial charge is 0.487 e. The van der Waals surface area contributed by atoms with E-state index in [1.165, 1.54) is 0 Å². The number of thiophene rings is 1. The van der Waals surface area contributed by atoms with Crippen LogP contribution in [-0.2, 0) is 22.4 Å². The van der Waals surface area contributed by atoms with E-state index in [4.69, 9.17) is 21.1 Å². The number of alkyl halides is 1. The molecular formula is C19H26ClNO3S. The van der Waals surface area contributed by atoms with Crippen molar-refractivity contribution >= 4 is 34.5 Å². The second-order valence-electron chi connectivity index (χ2n) is 5.14. The van der Waals surface area contributed by atoms with E-state index in [1.54, 1.807) is 30.5 Å². The molecule has 1 heterocycles. The van der Waals surface area contributed by atoms with E-state index in [9.17, 15) is 4.79 Å². The number of para-hydroxylation sites is 1. The molecule has 4 nitrogen and oxygen atoms in total. The van der Waals surface area contributed by atoms with E-state index in [2.05, 4.69) is 13.8 Å². The summed E-state index contributed by atoms with van der Waals surface area (Å²) in [6, 6.07) is 10.0. The molecule has 0 aliphatic heterocycles. The number of ether oxygens (including phenoxy) is 2. The summed E-state index contributed by atoms with van der Waals surface area (Å²) < 4.78 is 10.00. The van der Waals surface area contributed by atoms with Crippen LogP contribution in [0.15, 0.2) is 35.7 Å². The molecule has 1 amide bonds. The summed E-state index contributed by atoms with van der Waals surface area (Å²) in [5.74, 6) is -0.168. The van der Waals surface area contributed by atoms with Gasteiger partial charge in [-0.3, -0.25) is 9.69 Å². The van der Waals surface area contributed by atoms with Crippen LogP contribution in [-0.4, -0.2) is 32.7 Å². The molecule has 0 bridgehead atoms. The zero-order chi connectivity index (χ0) is 18.7. The van der Waals surface area contributed by atoms with Gasteiger partial charge in [0.1, 0.15) is 12.6 Å². The van der Waals surface area contributed by atoms with Crippen LogP contribution in [0.25, 0.3) is 0 Å². The zero-order valence-corrected chi connectivity index (χ0v) is 16.8. The molecule has 2 rings (SSSR count). The smallest absolute Gasteiger partial charge is 0.243 e. The Morgan fingerprint density at radius 2 is 1.76 bits per heavy atom. The highest BCUT2D eigenvalue weighted by molar-refractivity contribution is 7.11. The fourth-order valence-electron chi connectivity index (χ4n) is 2.40. The molecule has 2 aromatic rings. The number of nitrogens with zero attached hydrogens (tertiary/aromatic N) is 1. The summed E-state index contributed by atoms with van der Waals surface area (Å²) in [7, 11) is 3.25. The van der Waals surface area contributed by atoms with Gasteiger partial charge in [-0.2, -0.15) is 0 Å². The summed E-state index contributed by atoms with van der Waals surface area (Å²) in [5, 5.41) is 2.96. The topological polar surface area (TPSA) is 38.8 Å². The first kappa shape index (κ1) is 21.5. The van der Waals surface area contributed by atoms with E-state index in [0.717, 1.165) is 34.7 Å². The van der Waals surface area contributed by atoms with Gasteiger partial charge in [-0.15, -0.1) is 22.9 Å². The Morgan fingerprint density at radius 1 is 1.12 bits per heavy atom. The SMILES string of the molecule is CCc1cccc(CC)c1N(COC)C(=O)CCl.COc1cccs1. The molecule has 0 fully saturated rings. The minimum absolute atomic E-state index is 0.0371. The van der Waals surface area contributed by atoms with Gasteiger partial charge in [0, 0.05) is 7.11 Å². The highest BCUT2D eigenvalue weighted by atomic mass is 35.5. The number of benzene rings is 1. The number of carbonyl (C=O) groups excluding carboxylic acids is 1. The maximum absolute atomic E-state index is 12.0. The van der Waals surface area contributed by atoms with E-state index in [0.29, 0.717) is 0 Å². The van der Waals surface area contributed by atoms with Crippen molar-refractivity contribution in [2.75, 3.05) is 31.7 Å². The average molecular weight is 384 g/mol.